The number of benzene rings is 1. The van der Waals surface area contributed by atoms with Crippen LogP contribution in [0.3, 0.4) is 0 Å². The van der Waals surface area contributed by atoms with Crippen molar-refractivity contribution in [3.05, 3.63) is 46.7 Å². The van der Waals surface area contributed by atoms with Crippen LogP contribution >= 0.6 is 11.6 Å². The van der Waals surface area contributed by atoms with Gasteiger partial charge in [0.1, 0.15) is 0 Å². The minimum Gasteiger partial charge on any atom is -0.383 e. The van der Waals surface area contributed by atoms with Crippen LogP contribution in [0.25, 0.3) is 5.69 Å². The number of nitrogens with zero attached hydrogens (tertiary/aromatic N) is 2. The number of halogens is 1. The summed E-state index contributed by atoms with van der Waals surface area (Å²) in [7, 11) is 1.71. The fourth-order valence-electron chi connectivity index (χ4n) is 2.35. The maximum absolute atomic E-state index is 6.08. The lowest BCUT2D eigenvalue weighted by atomic mass is 10.1. The van der Waals surface area contributed by atoms with Gasteiger partial charge in [0.15, 0.2) is 0 Å². The molecule has 0 saturated heterocycles. The smallest absolute Gasteiger partial charge is 0.0663 e. The summed E-state index contributed by atoms with van der Waals surface area (Å²) < 4.78 is 7.02. The lowest BCUT2D eigenvalue weighted by Crippen LogP contribution is -2.19. The molecule has 0 amide bonds. The molecule has 5 heteroatoms. The van der Waals surface area contributed by atoms with Gasteiger partial charge in [0, 0.05) is 30.8 Å². The fourth-order valence-corrected chi connectivity index (χ4v) is 2.54. The van der Waals surface area contributed by atoms with Gasteiger partial charge < -0.3 is 10.1 Å². The van der Waals surface area contributed by atoms with Crippen molar-refractivity contribution in [2.24, 2.45) is 0 Å². The van der Waals surface area contributed by atoms with Crippen LogP contribution in [0, 0.1) is 0 Å². The van der Waals surface area contributed by atoms with Crippen molar-refractivity contribution in [3.63, 3.8) is 0 Å². The van der Waals surface area contributed by atoms with Gasteiger partial charge in [-0.2, -0.15) is 5.10 Å². The van der Waals surface area contributed by atoms with E-state index >= 15 is 0 Å². The van der Waals surface area contributed by atoms with Crippen LogP contribution in [-0.4, -0.2) is 30.0 Å². The van der Waals surface area contributed by atoms with E-state index in [9.17, 15) is 0 Å². The van der Waals surface area contributed by atoms with E-state index in [0.717, 1.165) is 23.8 Å². The molecule has 0 aliphatic carbocycles. The van der Waals surface area contributed by atoms with Crippen molar-refractivity contribution in [2.45, 2.75) is 26.3 Å². The Hall–Kier alpha value is -1.36. The first-order valence-corrected chi connectivity index (χ1v) is 7.53. The van der Waals surface area contributed by atoms with Gasteiger partial charge in [-0.3, -0.25) is 0 Å². The van der Waals surface area contributed by atoms with Crippen LogP contribution in [0.1, 0.15) is 31.0 Å². The van der Waals surface area contributed by atoms with Crippen LogP contribution in [0.4, 0.5) is 0 Å². The number of nitrogens with one attached hydrogen (secondary N) is 1. The first kappa shape index (κ1) is 16.0. The predicted octanol–water partition coefficient (Wildman–Crippen LogP) is 3.39. The van der Waals surface area contributed by atoms with E-state index in [4.69, 9.17) is 16.3 Å². The van der Waals surface area contributed by atoms with Crippen LogP contribution < -0.4 is 5.32 Å². The lowest BCUT2D eigenvalue weighted by Gasteiger charge is -2.13. The number of methoxy groups -OCH3 is 1. The summed E-state index contributed by atoms with van der Waals surface area (Å²) in [4.78, 5) is 0. The standard InChI is InChI=1S/C16H22ClN3O/c1-12(2)16-13(10-18-7-8-21-3)11-19-20(16)15-6-4-5-14(17)9-15/h4-6,9,11-12,18H,7-8,10H2,1-3H3. The summed E-state index contributed by atoms with van der Waals surface area (Å²) in [6.07, 6.45) is 1.93. The molecule has 2 rings (SSSR count). The first-order valence-electron chi connectivity index (χ1n) is 7.16. The second kappa shape index (κ2) is 7.59. The van der Waals surface area contributed by atoms with Crippen molar-refractivity contribution in [1.29, 1.82) is 0 Å². The molecule has 1 aromatic carbocycles. The maximum Gasteiger partial charge on any atom is 0.0663 e. The van der Waals surface area contributed by atoms with E-state index in [1.807, 2.05) is 35.1 Å². The Morgan fingerprint density at radius 3 is 2.86 bits per heavy atom. The van der Waals surface area contributed by atoms with E-state index in [1.54, 1.807) is 7.11 Å². The second-order valence-corrected chi connectivity index (χ2v) is 5.71. The third-order valence-corrected chi connectivity index (χ3v) is 3.52. The van der Waals surface area contributed by atoms with E-state index in [-0.39, 0.29) is 0 Å². The number of hydrogen-bond donors (Lipinski definition) is 1. The lowest BCUT2D eigenvalue weighted by molar-refractivity contribution is 0.199. The van der Waals surface area contributed by atoms with Gasteiger partial charge >= 0.3 is 0 Å². The largest absolute Gasteiger partial charge is 0.383 e. The highest BCUT2D eigenvalue weighted by molar-refractivity contribution is 6.30. The Kier molecular flexibility index (Phi) is 5.79. The molecule has 0 spiro atoms. The van der Waals surface area contributed by atoms with Gasteiger partial charge in [-0.1, -0.05) is 31.5 Å². The molecule has 1 aromatic heterocycles. The van der Waals surface area contributed by atoms with Crippen LogP contribution in [-0.2, 0) is 11.3 Å². The van der Waals surface area contributed by atoms with Crippen LogP contribution in [0.15, 0.2) is 30.5 Å². The van der Waals surface area contributed by atoms with Gasteiger partial charge in [-0.05, 0) is 24.1 Å². The van der Waals surface area contributed by atoms with Gasteiger partial charge in [0.05, 0.1) is 24.2 Å². The Labute approximate surface area is 131 Å². The van der Waals surface area contributed by atoms with Crippen molar-refractivity contribution >= 4 is 11.6 Å². The third kappa shape index (κ3) is 4.06. The summed E-state index contributed by atoms with van der Waals surface area (Å²) in [5.74, 6) is 0.380. The minimum absolute atomic E-state index is 0.380. The van der Waals surface area contributed by atoms with Crippen molar-refractivity contribution in [1.82, 2.24) is 15.1 Å². The number of rotatable bonds is 7. The molecular formula is C16H22ClN3O. The highest BCUT2D eigenvalue weighted by Crippen LogP contribution is 2.24. The zero-order valence-electron chi connectivity index (χ0n) is 12.8. The zero-order valence-corrected chi connectivity index (χ0v) is 13.5. The first-order chi connectivity index (χ1) is 10.1. The molecule has 114 valence electrons. The van der Waals surface area contributed by atoms with Crippen molar-refractivity contribution in [2.75, 3.05) is 20.3 Å². The van der Waals surface area contributed by atoms with Crippen LogP contribution in [0.2, 0.25) is 5.02 Å². The summed E-state index contributed by atoms with van der Waals surface area (Å²) in [5.41, 5.74) is 3.41. The molecule has 2 aromatic rings. The van der Waals surface area contributed by atoms with Crippen molar-refractivity contribution in [3.8, 4) is 5.69 Å². The van der Waals surface area contributed by atoms with Crippen LogP contribution in [0.5, 0.6) is 0 Å². The molecule has 1 N–H and O–H groups in total. The Bertz CT molecular complexity index is 581. The molecule has 21 heavy (non-hydrogen) atoms. The zero-order chi connectivity index (χ0) is 15.2. The highest BCUT2D eigenvalue weighted by atomic mass is 35.5. The van der Waals surface area contributed by atoms with Gasteiger partial charge in [-0.25, -0.2) is 4.68 Å². The van der Waals surface area contributed by atoms with Crippen molar-refractivity contribution < 1.29 is 4.74 Å². The highest BCUT2D eigenvalue weighted by Gasteiger charge is 2.15. The van der Waals surface area contributed by atoms with E-state index < -0.39 is 0 Å². The predicted molar refractivity (Wildman–Crippen MR) is 86.2 cm³/mol. The number of aromatic nitrogens is 2. The molecule has 0 radical (unpaired) electrons. The van der Waals surface area contributed by atoms with Gasteiger partial charge in [0.25, 0.3) is 0 Å². The molecule has 0 aliphatic rings. The monoisotopic (exact) mass is 307 g/mol. The third-order valence-electron chi connectivity index (χ3n) is 3.28. The fraction of sp³-hybridized carbons (Fsp3) is 0.438. The Morgan fingerprint density at radius 2 is 2.19 bits per heavy atom. The van der Waals surface area contributed by atoms with E-state index in [0.29, 0.717) is 12.5 Å². The second-order valence-electron chi connectivity index (χ2n) is 5.27. The normalized spacial score (nSPS) is 11.3. The number of ether oxygens (including phenoxy) is 1. The molecule has 0 aliphatic heterocycles. The molecule has 0 fully saturated rings. The molecule has 0 bridgehead atoms. The molecular weight excluding hydrogens is 286 g/mol. The number of hydrogen-bond acceptors (Lipinski definition) is 3. The van der Waals surface area contributed by atoms with Gasteiger partial charge in [-0.15, -0.1) is 0 Å². The molecule has 0 saturated carbocycles. The summed E-state index contributed by atoms with van der Waals surface area (Å²) in [6, 6.07) is 7.77. The molecule has 1 heterocycles. The summed E-state index contributed by atoms with van der Waals surface area (Å²) in [5, 5.41) is 8.62. The Morgan fingerprint density at radius 1 is 1.38 bits per heavy atom. The summed E-state index contributed by atoms with van der Waals surface area (Å²) in [6.45, 7) is 6.68. The maximum atomic E-state index is 6.08. The Balaban J connectivity index is 2.24. The minimum atomic E-state index is 0.380. The SMILES string of the molecule is COCCNCc1cnn(-c2cccc(Cl)c2)c1C(C)C. The van der Waals surface area contributed by atoms with E-state index in [2.05, 4.69) is 24.3 Å². The topological polar surface area (TPSA) is 39.1 Å². The average Bonchev–Trinajstić information content (AvgIpc) is 2.87. The quantitative estimate of drug-likeness (QED) is 0.797. The molecule has 4 nitrogen and oxygen atoms in total. The van der Waals surface area contributed by atoms with E-state index in [1.165, 1.54) is 11.3 Å². The molecule has 0 unspecified atom stereocenters. The average molecular weight is 308 g/mol. The van der Waals surface area contributed by atoms with Gasteiger partial charge in [0.2, 0.25) is 0 Å². The summed E-state index contributed by atoms with van der Waals surface area (Å²) >= 11 is 6.08. The molecule has 0 atom stereocenters.